The maximum atomic E-state index is 12.6. The van der Waals surface area contributed by atoms with Crippen LogP contribution < -0.4 is 5.48 Å². The Hall–Kier alpha value is -1.20. The summed E-state index contributed by atoms with van der Waals surface area (Å²) in [6.07, 6.45) is -2.73. The second-order valence-corrected chi connectivity index (χ2v) is 3.91. The lowest BCUT2D eigenvalue weighted by Crippen LogP contribution is -2.08. The molecule has 0 saturated heterocycles. The fourth-order valence-corrected chi connectivity index (χ4v) is 1.46. The van der Waals surface area contributed by atoms with Gasteiger partial charge in [0.25, 0.3) is 6.43 Å². The van der Waals surface area contributed by atoms with E-state index in [-0.39, 0.29) is 18.0 Å². The van der Waals surface area contributed by atoms with Crippen molar-refractivity contribution in [1.29, 1.82) is 0 Å². The molecule has 0 unspecified atom stereocenters. The fraction of sp³-hybridized carbons (Fsp3) is 0.455. The van der Waals surface area contributed by atoms with E-state index in [9.17, 15) is 13.9 Å². The van der Waals surface area contributed by atoms with Gasteiger partial charge in [0.2, 0.25) is 0 Å². The molecule has 1 aromatic rings. The number of benzene rings is 1. The Balaban J connectivity index is 3.27. The number of hydrogen-bond donors (Lipinski definition) is 3. The molecule has 3 nitrogen and oxygen atoms in total. The van der Waals surface area contributed by atoms with Crippen LogP contribution in [0.5, 0.6) is 5.75 Å². The van der Waals surface area contributed by atoms with Crippen molar-refractivity contribution in [3.8, 4) is 5.75 Å². The van der Waals surface area contributed by atoms with Crippen LogP contribution in [0.2, 0.25) is 0 Å². The van der Waals surface area contributed by atoms with Gasteiger partial charge in [-0.3, -0.25) is 0 Å². The monoisotopic (exact) mass is 231 g/mol. The van der Waals surface area contributed by atoms with Gasteiger partial charge in [-0.15, -0.1) is 0 Å². The van der Waals surface area contributed by atoms with E-state index in [0.717, 1.165) is 0 Å². The van der Waals surface area contributed by atoms with Crippen molar-refractivity contribution in [3.05, 3.63) is 28.8 Å². The highest BCUT2D eigenvalue weighted by atomic mass is 19.3. The van der Waals surface area contributed by atoms with E-state index in [1.165, 1.54) is 6.07 Å². The van der Waals surface area contributed by atoms with Gasteiger partial charge in [-0.2, -0.15) is 0 Å². The minimum atomic E-state index is -2.73. The van der Waals surface area contributed by atoms with Crippen LogP contribution in [0.1, 0.15) is 42.9 Å². The Morgan fingerprint density at radius 1 is 1.31 bits per heavy atom. The summed E-state index contributed by atoms with van der Waals surface area (Å²) in [5.74, 6) is -0.378. The molecule has 0 aliphatic carbocycles. The van der Waals surface area contributed by atoms with Crippen molar-refractivity contribution >= 4 is 0 Å². The molecule has 1 rings (SSSR count). The van der Waals surface area contributed by atoms with Crippen molar-refractivity contribution in [2.75, 3.05) is 0 Å². The Morgan fingerprint density at radius 2 is 1.94 bits per heavy atom. The predicted octanol–water partition coefficient (Wildman–Crippen LogP) is 2.93. The first kappa shape index (κ1) is 12.9. The Morgan fingerprint density at radius 3 is 2.38 bits per heavy atom. The van der Waals surface area contributed by atoms with Crippen LogP contribution in [0, 0.1) is 0 Å². The molecule has 0 aliphatic heterocycles. The van der Waals surface area contributed by atoms with Gasteiger partial charge in [-0.1, -0.05) is 19.9 Å². The number of hydroxylamine groups is 1. The molecule has 0 aromatic heterocycles. The molecule has 1 aromatic carbocycles. The fourth-order valence-electron chi connectivity index (χ4n) is 1.46. The zero-order valence-corrected chi connectivity index (χ0v) is 9.17. The van der Waals surface area contributed by atoms with Crippen molar-refractivity contribution in [2.24, 2.45) is 0 Å². The lowest BCUT2D eigenvalue weighted by Gasteiger charge is -2.14. The van der Waals surface area contributed by atoms with Crippen LogP contribution >= 0.6 is 0 Å². The normalized spacial score (nSPS) is 11.4. The zero-order valence-electron chi connectivity index (χ0n) is 9.17. The van der Waals surface area contributed by atoms with Gasteiger partial charge in [0.1, 0.15) is 5.75 Å². The van der Waals surface area contributed by atoms with Gasteiger partial charge >= 0.3 is 0 Å². The van der Waals surface area contributed by atoms with E-state index in [4.69, 9.17) is 5.21 Å². The number of nitrogens with one attached hydrogen (secondary N) is 1. The third-order valence-electron chi connectivity index (χ3n) is 2.41. The van der Waals surface area contributed by atoms with Gasteiger partial charge in [0.15, 0.2) is 0 Å². The van der Waals surface area contributed by atoms with E-state index in [2.05, 4.69) is 0 Å². The second kappa shape index (κ2) is 5.23. The van der Waals surface area contributed by atoms with Crippen LogP contribution in [0.25, 0.3) is 0 Å². The molecular formula is C11H15F2NO2. The summed E-state index contributed by atoms with van der Waals surface area (Å²) >= 11 is 0. The van der Waals surface area contributed by atoms with Crippen LogP contribution in [-0.2, 0) is 6.54 Å². The third kappa shape index (κ3) is 2.68. The van der Waals surface area contributed by atoms with Crippen molar-refractivity contribution < 1.29 is 19.1 Å². The number of aromatic hydroxyl groups is 1. The number of hydrogen-bond acceptors (Lipinski definition) is 3. The highest BCUT2D eigenvalue weighted by Gasteiger charge is 2.18. The summed E-state index contributed by atoms with van der Waals surface area (Å²) in [6.45, 7) is 3.68. The van der Waals surface area contributed by atoms with Crippen molar-refractivity contribution in [1.82, 2.24) is 5.48 Å². The molecule has 0 saturated carbocycles. The third-order valence-corrected chi connectivity index (χ3v) is 2.41. The average molecular weight is 231 g/mol. The summed E-state index contributed by atoms with van der Waals surface area (Å²) < 4.78 is 25.3. The summed E-state index contributed by atoms with van der Waals surface area (Å²) in [6, 6.07) is 2.90. The number of phenols is 1. The maximum Gasteiger partial charge on any atom is 0.267 e. The van der Waals surface area contributed by atoms with E-state index in [0.29, 0.717) is 5.56 Å². The molecule has 0 atom stereocenters. The molecular weight excluding hydrogens is 216 g/mol. The first-order chi connectivity index (χ1) is 7.47. The Bertz CT molecular complexity index is 367. The number of halogens is 2. The van der Waals surface area contributed by atoms with Gasteiger partial charge in [-0.25, -0.2) is 14.3 Å². The summed E-state index contributed by atoms with van der Waals surface area (Å²) in [7, 11) is 0. The number of phenolic OH excluding ortho intramolecular Hbond substituents is 1. The van der Waals surface area contributed by atoms with Crippen LogP contribution in [0.15, 0.2) is 12.1 Å². The smallest absolute Gasteiger partial charge is 0.267 e. The first-order valence-electron chi connectivity index (χ1n) is 4.98. The van der Waals surface area contributed by atoms with E-state index >= 15 is 0 Å². The van der Waals surface area contributed by atoms with Gasteiger partial charge < -0.3 is 10.3 Å². The first-order valence-corrected chi connectivity index (χ1v) is 4.98. The number of rotatable bonds is 4. The van der Waals surface area contributed by atoms with Crippen LogP contribution in [0.4, 0.5) is 8.78 Å². The summed E-state index contributed by atoms with van der Waals surface area (Å²) in [5, 5.41) is 18.1. The molecule has 90 valence electrons. The molecule has 16 heavy (non-hydrogen) atoms. The van der Waals surface area contributed by atoms with E-state index in [1.54, 1.807) is 6.07 Å². The average Bonchev–Trinajstić information content (AvgIpc) is 2.20. The van der Waals surface area contributed by atoms with E-state index in [1.807, 2.05) is 19.3 Å². The molecule has 0 spiro atoms. The quantitative estimate of drug-likeness (QED) is 0.698. The Labute approximate surface area is 92.7 Å². The summed E-state index contributed by atoms with van der Waals surface area (Å²) in [4.78, 5) is 0. The molecule has 5 heteroatoms. The standard InChI is InChI=1S/C11H15F2NO2/c1-6(2)7-3-8(5-14-16)10(15)9(4-7)11(12)13/h3-4,6,11,14-16H,5H2,1-2H3. The SMILES string of the molecule is CC(C)c1cc(CNO)c(O)c(C(F)F)c1. The molecule has 0 aliphatic rings. The molecule has 0 heterocycles. The summed E-state index contributed by atoms with van der Waals surface area (Å²) in [5.41, 5.74) is 2.43. The highest BCUT2D eigenvalue weighted by Crippen LogP contribution is 2.34. The van der Waals surface area contributed by atoms with Gasteiger partial charge in [0.05, 0.1) is 5.56 Å². The highest BCUT2D eigenvalue weighted by molar-refractivity contribution is 5.45. The molecule has 0 bridgehead atoms. The molecule has 0 fully saturated rings. The van der Waals surface area contributed by atoms with Gasteiger partial charge in [0, 0.05) is 12.1 Å². The van der Waals surface area contributed by atoms with Gasteiger partial charge in [-0.05, 0) is 17.5 Å². The number of alkyl halides is 2. The van der Waals surface area contributed by atoms with Crippen molar-refractivity contribution in [3.63, 3.8) is 0 Å². The van der Waals surface area contributed by atoms with Crippen LogP contribution in [0.3, 0.4) is 0 Å². The lowest BCUT2D eigenvalue weighted by atomic mass is 9.97. The zero-order chi connectivity index (χ0) is 12.3. The lowest BCUT2D eigenvalue weighted by molar-refractivity contribution is 0.145. The van der Waals surface area contributed by atoms with Crippen molar-refractivity contribution in [2.45, 2.75) is 32.7 Å². The predicted molar refractivity (Wildman–Crippen MR) is 55.8 cm³/mol. The largest absolute Gasteiger partial charge is 0.507 e. The topological polar surface area (TPSA) is 52.5 Å². The molecule has 3 N–H and O–H groups in total. The second-order valence-electron chi connectivity index (χ2n) is 3.91. The van der Waals surface area contributed by atoms with Crippen LogP contribution in [-0.4, -0.2) is 10.3 Å². The maximum absolute atomic E-state index is 12.6. The minimum Gasteiger partial charge on any atom is -0.507 e. The molecule has 0 radical (unpaired) electrons. The minimum absolute atomic E-state index is 0.0634. The molecule has 0 amide bonds. The Kier molecular flexibility index (Phi) is 4.20. The van der Waals surface area contributed by atoms with E-state index < -0.39 is 17.7 Å².